The van der Waals surface area contributed by atoms with E-state index in [2.05, 4.69) is 20.8 Å². The van der Waals surface area contributed by atoms with E-state index < -0.39 is 0 Å². The van der Waals surface area contributed by atoms with Gasteiger partial charge in [0.05, 0.1) is 5.60 Å². The van der Waals surface area contributed by atoms with Crippen molar-refractivity contribution in [2.45, 2.75) is 45.6 Å². The molecule has 1 rings (SSSR count). The molecular formula is C11H23NO. The number of hydrogen-bond donors (Lipinski definition) is 1. The predicted octanol–water partition coefficient (Wildman–Crippen LogP) is 2.18. The van der Waals surface area contributed by atoms with Crippen molar-refractivity contribution in [3.63, 3.8) is 0 Å². The molecule has 0 radical (unpaired) electrons. The lowest BCUT2D eigenvalue weighted by Gasteiger charge is -2.29. The number of nitrogens with two attached hydrogens (primary N) is 1. The highest BCUT2D eigenvalue weighted by Crippen LogP contribution is 2.36. The topological polar surface area (TPSA) is 35.2 Å². The molecule has 0 aromatic rings. The third-order valence-corrected chi connectivity index (χ3v) is 2.91. The van der Waals surface area contributed by atoms with Crippen molar-refractivity contribution in [2.75, 3.05) is 13.2 Å². The maximum absolute atomic E-state index is 5.95. The van der Waals surface area contributed by atoms with Crippen molar-refractivity contribution < 1.29 is 4.74 Å². The minimum atomic E-state index is 0.0175. The Morgan fingerprint density at radius 3 is 2.62 bits per heavy atom. The van der Waals surface area contributed by atoms with E-state index in [-0.39, 0.29) is 5.60 Å². The maximum Gasteiger partial charge on any atom is 0.0806 e. The molecule has 1 aliphatic carbocycles. The number of ether oxygens (including phenoxy) is 1. The van der Waals surface area contributed by atoms with Gasteiger partial charge in [-0.1, -0.05) is 20.8 Å². The molecule has 0 saturated heterocycles. The van der Waals surface area contributed by atoms with Crippen molar-refractivity contribution in [2.24, 2.45) is 17.6 Å². The molecular weight excluding hydrogens is 162 g/mol. The predicted molar refractivity (Wildman–Crippen MR) is 55.6 cm³/mol. The monoisotopic (exact) mass is 185 g/mol. The summed E-state index contributed by atoms with van der Waals surface area (Å²) in [5, 5.41) is 0. The Morgan fingerprint density at radius 1 is 1.54 bits per heavy atom. The molecule has 78 valence electrons. The van der Waals surface area contributed by atoms with Gasteiger partial charge < -0.3 is 10.5 Å². The largest absolute Gasteiger partial charge is 0.373 e. The lowest BCUT2D eigenvalue weighted by molar-refractivity contribution is -0.0476. The average Bonchev–Trinajstić information content (AvgIpc) is 2.45. The average molecular weight is 185 g/mol. The van der Waals surface area contributed by atoms with Crippen molar-refractivity contribution in [1.29, 1.82) is 0 Å². The van der Waals surface area contributed by atoms with E-state index in [1.165, 1.54) is 6.42 Å². The first-order chi connectivity index (χ1) is 6.08. The molecule has 2 N–H and O–H groups in total. The Hall–Kier alpha value is -0.0800. The van der Waals surface area contributed by atoms with E-state index in [0.29, 0.717) is 12.5 Å². The Labute approximate surface area is 81.8 Å². The third kappa shape index (κ3) is 2.96. The molecule has 2 atom stereocenters. The Bertz CT molecular complexity index is 158. The van der Waals surface area contributed by atoms with E-state index in [0.717, 1.165) is 25.4 Å². The van der Waals surface area contributed by atoms with Crippen molar-refractivity contribution >= 4 is 0 Å². The van der Waals surface area contributed by atoms with Crippen LogP contribution in [0.3, 0.4) is 0 Å². The second-order valence-electron chi connectivity index (χ2n) is 4.94. The van der Waals surface area contributed by atoms with Crippen LogP contribution >= 0.6 is 0 Å². The molecule has 2 nitrogen and oxygen atoms in total. The van der Waals surface area contributed by atoms with Gasteiger partial charge in [0.15, 0.2) is 0 Å². The maximum atomic E-state index is 5.95. The van der Waals surface area contributed by atoms with Crippen LogP contribution < -0.4 is 5.73 Å². The molecule has 0 bridgehead atoms. The van der Waals surface area contributed by atoms with Gasteiger partial charge in [-0.25, -0.2) is 0 Å². The zero-order chi connectivity index (χ0) is 9.90. The second kappa shape index (κ2) is 4.43. The smallest absolute Gasteiger partial charge is 0.0806 e. The molecule has 1 saturated carbocycles. The minimum Gasteiger partial charge on any atom is -0.373 e. The molecule has 0 spiro atoms. The highest BCUT2D eigenvalue weighted by Gasteiger charge is 2.37. The van der Waals surface area contributed by atoms with Crippen LogP contribution in [0.25, 0.3) is 0 Å². The summed E-state index contributed by atoms with van der Waals surface area (Å²) in [5.74, 6) is 1.40. The van der Waals surface area contributed by atoms with Gasteiger partial charge in [-0.05, 0) is 31.1 Å². The first kappa shape index (κ1) is 11.0. The van der Waals surface area contributed by atoms with Gasteiger partial charge >= 0.3 is 0 Å². The van der Waals surface area contributed by atoms with Gasteiger partial charge in [-0.15, -0.1) is 0 Å². The van der Waals surface area contributed by atoms with Gasteiger partial charge in [0.25, 0.3) is 0 Å². The Morgan fingerprint density at radius 2 is 2.23 bits per heavy atom. The summed E-state index contributed by atoms with van der Waals surface area (Å²) in [4.78, 5) is 0. The van der Waals surface area contributed by atoms with Crippen LogP contribution in [0.15, 0.2) is 0 Å². The van der Waals surface area contributed by atoms with Crippen LogP contribution in [0.2, 0.25) is 0 Å². The van der Waals surface area contributed by atoms with Gasteiger partial charge in [-0.3, -0.25) is 0 Å². The summed E-state index contributed by atoms with van der Waals surface area (Å²) in [7, 11) is 0. The Kier molecular flexibility index (Phi) is 3.74. The Balaban J connectivity index is 2.41. The summed E-state index contributed by atoms with van der Waals surface area (Å²) in [6.07, 6.45) is 3.57. The van der Waals surface area contributed by atoms with E-state index in [1.54, 1.807) is 0 Å². The SMILES string of the molecule is CC(C)COC1(CN)CCC(C)C1. The second-order valence-corrected chi connectivity index (χ2v) is 4.94. The van der Waals surface area contributed by atoms with Gasteiger partial charge in [-0.2, -0.15) is 0 Å². The zero-order valence-electron chi connectivity index (χ0n) is 9.18. The fourth-order valence-electron chi connectivity index (χ4n) is 2.07. The van der Waals surface area contributed by atoms with Crippen LogP contribution in [0.5, 0.6) is 0 Å². The molecule has 0 aromatic heterocycles. The number of rotatable bonds is 4. The van der Waals surface area contributed by atoms with Crippen molar-refractivity contribution in [3.8, 4) is 0 Å². The van der Waals surface area contributed by atoms with Gasteiger partial charge in [0.1, 0.15) is 0 Å². The van der Waals surface area contributed by atoms with Gasteiger partial charge in [0, 0.05) is 13.2 Å². The van der Waals surface area contributed by atoms with Crippen LogP contribution in [-0.4, -0.2) is 18.8 Å². The normalized spacial score (nSPS) is 34.4. The van der Waals surface area contributed by atoms with Gasteiger partial charge in [0.2, 0.25) is 0 Å². The molecule has 2 unspecified atom stereocenters. The van der Waals surface area contributed by atoms with E-state index in [4.69, 9.17) is 10.5 Å². The lowest BCUT2D eigenvalue weighted by atomic mass is 10.0. The summed E-state index contributed by atoms with van der Waals surface area (Å²) < 4.78 is 5.95. The molecule has 1 aliphatic rings. The molecule has 0 heterocycles. The molecule has 0 aliphatic heterocycles. The molecule has 0 amide bonds. The highest BCUT2D eigenvalue weighted by molar-refractivity contribution is 4.90. The van der Waals surface area contributed by atoms with Crippen LogP contribution in [-0.2, 0) is 4.74 Å². The summed E-state index contributed by atoms with van der Waals surface area (Å²) in [6, 6.07) is 0. The molecule has 1 fully saturated rings. The van der Waals surface area contributed by atoms with E-state index in [1.807, 2.05) is 0 Å². The van der Waals surface area contributed by atoms with Crippen LogP contribution in [0, 0.1) is 11.8 Å². The van der Waals surface area contributed by atoms with Crippen LogP contribution in [0.4, 0.5) is 0 Å². The van der Waals surface area contributed by atoms with Crippen molar-refractivity contribution in [3.05, 3.63) is 0 Å². The first-order valence-electron chi connectivity index (χ1n) is 5.42. The molecule has 13 heavy (non-hydrogen) atoms. The number of hydrogen-bond acceptors (Lipinski definition) is 2. The zero-order valence-corrected chi connectivity index (χ0v) is 9.18. The summed E-state index contributed by atoms with van der Waals surface area (Å²) in [6.45, 7) is 8.19. The van der Waals surface area contributed by atoms with Crippen molar-refractivity contribution in [1.82, 2.24) is 0 Å². The quantitative estimate of drug-likeness (QED) is 0.728. The standard InChI is InChI=1S/C11H23NO/c1-9(2)7-13-11(8-12)5-4-10(3)6-11/h9-10H,4-8,12H2,1-3H3. The third-order valence-electron chi connectivity index (χ3n) is 2.91. The lowest BCUT2D eigenvalue weighted by Crippen LogP contribution is -2.39. The fraction of sp³-hybridized carbons (Fsp3) is 1.00. The first-order valence-corrected chi connectivity index (χ1v) is 5.42. The molecule has 0 aromatic carbocycles. The molecule has 2 heteroatoms. The van der Waals surface area contributed by atoms with E-state index >= 15 is 0 Å². The summed E-state index contributed by atoms with van der Waals surface area (Å²) in [5.41, 5.74) is 5.81. The highest BCUT2D eigenvalue weighted by atomic mass is 16.5. The minimum absolute atomic E-state index is 0.0175. The van der Waals surface area contributed by atoms with E-state index in [9.17, 15) is 0 Å². The summed E-state index contributed by atoms with van der Waals surface area (Å²) >= 11 is 0. The fourth-order valence-corrected chi connectivity index (χ4v) is 2.07. The van der Waals surface area contributed by atoms with Crippen LogP contribution in [0.1, 0.15) is 40.0 Å².